The Morgan fingerprint density at radius 1 is 1.11 bits per heavy atom. The van der Waals surface area contributed by atoms with E-state index in [2.05, 4.69) is 5.32 Å². The zero-order chi connectivity index (χ0) is 13.9. The molecule has 3 nitrogen and oxygen atoms in total. The highest BCUT2D eigenvalue weighted by Gasteiger charge is 2.34. The molecule has 1 amide bonds. The minimum absolute atomic E-state index is 0.482. The van der Waals surface area contributed by atoms with Crippen LogP contribution < -0.4 is 11.1 Å². The third-order valence-corrected chi connectivity index (χ3v) is 3.40. The maximum atomic E-state index is 11.9. The molecule has 4 heteroatoms. The number of benzene rings is 2. The molecule has 2 aromatic rings. The lowest BCUT2D eigenvalue weighted by atomic mass is 9.90. The SMILES string of the molecule is CC(Nc1ccccc1)(C(N)=O)c1ccccc1Cl. The Bertz CT molecular complexity index is 586. The zero-order valence-electron chi connectivity index (χ0n) is 10.6. The minimum atomic E-state index is -1.06. The van der Waals surface area contributed by atoms with E-state index in [9.17, 15) is 4.79 Å². The first kappa shape index (κ1) is 13.4. The number of nitrogens with two attached hydrogens (primary N) is 1. The number of halogens is 1. The van der Waals surface area contributed by atoms with Crippen molar-refractivity contribution >= 4 is 23.2 Å². The van der Waals surface area contributed by atoms with Gasteiger partial charge in [0.25, 0.3) is 0 Å². The van der Waals surface area contributed by atoms with E-state index in [4.69, 9.17) is 17.3 Å². The molecule has 0 aliphatic rings. The van der Waals surface area contributed by atoms with Gasteiger partial charge in [0, 0.05) is 16.3 Å². The van der Waals surface area contributed by atoms with Gasteiger partial charge in [-0.1, -0.05) is 48.0 Å². The van der Waals surface area contributed by atoms with E-state index >= 15 is 0 Å². The molecule has 1 unspecified atom stereocenters. The van der Waals surface area contributed by atoms with Crippen LogP contribution in [0.2, 0.25) is 5.02 Å². The first-order chi connectivity index (χ1) is 9.04. The van der Waals surface area contributed by atoms with E-state index in [0.717, 1.165) is 5.69 Å². The van der Waals surface area contributed by atoms with E-state index in [1.165, 1.54) is 0 Å². The van der Waals surface area contributed by atoms with Crippen molar-refractivity contribution < 1.29 is 4.79 Å². The van der Waals surface area contributed by atoms with E-state index in [1.54, 1.807) is 19.1 Å². The van der Waals surface area contributed by atoms with Crippen LogP contribution in [0, 0.1) is 0 Å². The summed E-state index contributed by atoms with van der Waals surface area (Å²) < 4.78 is 0. The topological polar surface area (TPSA) is 55.1 Å². The molecule has 0 saturated carbocycles. The molecule has 0 spiro atoms. The maximum absolute atomic E-state index is 11.9. The predicted octanol–water partition coefficient (Wildman–Crippen LogP) is 3.15. The second-order valence-corrected chi connectivity index (χ2v) is 4.87. The van der Waals surface area contributed by atoms with Gasteiger partial charge in [0.05, 0.1) is 0 Å². The molecular weight excluding hydrogens is 260 g/mol. The molecule has 3 N–H and O–H groups in total. The second-order valence-electron chi connectivity index (χ2n) is 4.46. The Morgan fingerprint density at radius 3 is 2.26 bits per heavy atom. The fraction of sp³-hybridized carbons (Fsp3) is 0.133. The minimum Gasteiger partial charge on any atom is -0.368 e. The number of primary amides is 1. The summed E-state index contributed by atoms with van der Waals surface area (Å²) in [5.74, 6) is -0.482. The number of rotatable bonds is 4. The smallest absolute Gasteiger partial charge is 0.247 e. The lowest BCUT2D eigenvalue weighted by Crippen LogP contribution is -2.45. The van der Waals surface area contributed by atoms with Gasteiger partial charge in [-0.05, 0) is 25.1 Å². The lowest BCUT2D eigenvalue weighted by Gasteiger charge is -2.30. The molecule has 19 heavy (non-hydrogen) atoms. The van der Waals surface area contributed by atoms with E-state index in [0.29, 0.717) is 10.6 Å². The third-order valence-electron chi connectivity index (χ3n) is 3.07. The van der Waals surface area contributed by atoms with Crippen LogP contribution in [0.15, 0.2) is 54.6 Å². The van der Waals surface area contributed by atoms with E-state index < -0.39 is 11.4 Å². The van der Waals surface area contributed by atoms with Crippen LogP contribution >= 0.6 is 11.6 Å². The van der Waals surface area contributed by atoms with Gasteiger partial charge in [-0.2, -0.15) is 0 Å². The molecule has 0 radical (unpaired) electrons. The standard InChI is InChI=1S/C15H15ClN2O/c1-15(14(17)19,12-9-5-6-10-13(12)16)18-11-7-3-2-4-8-11/h2-10,18H,1H3,(H2,17,19). The van der Waals surface area contributed by atoms with Gasteiger partial charge in [0.15, 0.2) is 0 Å². The number of para-hydroxylation sites is 1. The molecular formula is C15H15ClN2O. The highest BCUT2D eigenvalue weighted by Crippen LogP contribution is 2.31. The quantitative estimate of drug-likeness (QED) is 0.900. The summed E-state index contributed by atoms with van der Waals surface area (Å²) in [5.41, 5.74) is 5.97. The molecule has 1 atom stereocenters. The molecule has 0 heterocycles. The van der Waals surface area contributed by atoms with Crippen LogP contribution in [0.1, 0.15) is 12.5 Å². The zero-order valence-corrected chi connectivity index (χ0v) is 11.3. The molecule has 0 aromatic heterocycles. The van der Waals surface area contributed by atoms with Crippen molar-refractivity contribution in [1.29, 1.82) is 0 Å². The van der Waals surface area contributed by atoms with Crippen molar-refractivity contribution in [3.8, 4) is 0 Å². The predicted molar refractivity (Wildman–Crippen MR) is 78.1 cm³/mol. The average Bonchev–Trinajstić information content (AvgIpc) is 2.40. The summed E-state index contributed by atoms with van der Waals surface area (Å²) in [6.07, 6.45) is 0. The van der Waals surface area contributed by atoms with Crippen LogP contribution in [0.3, 0.4) is 0 Å². The fourth-order valence-electron chi connectivity index (χ4n) is 1.94. The Labute approximate surface area is 117 Å². The molecule has 0 saturated heterocycles. The van der Waals surface area contributed by atoms with Gasteiger partial charge in [-0.3, -0.25) is 4.79 Å². The summed E-state index contributed by atoms with van der Waals surface area (Å²) in [5, 5.41) is 3.66. The summed E-state index contributed by atoms with van der Waals surface area (Å²) in [7, 11) is 0. The van der Waals surface area contributed by atoms with Gasteiger partial charge < -0.3 is 11.1 Å². The van der Waals surface area contributed by atoms with Crippen molar-refractivity contribution in [2.75, 3.05) is 5.32 Å². The fourth-order valence-corrected chi connectivity index (χ4v) is 2.26. The molecule has 0 bridgehead atoms. The van der Waals surface area contributed by atoms with Crippen LogP contribution in [0.4, 0.5) is 5.69 Å². The van der Waals surface area contributed by atoms with Crippen LogP contribution in [-0.4, -0.2) is 5.91 Å². The van der Waals surface area contributed by atoms with Crippen molar-refractivity contribution in [3.63, 3.8) is 0 Å². The van der Waals surface area contributed by atoms with Gasteiger partial charge in [0.2, 0.25) is 5.91 Å². The van der Waals surface area contributed by atoms with Crippen LogP contribution in [-0.2, 0) is 10.3 Å². The number of carbonyl (C=O) groups excluding carboxylic acids is 1. The first-order valence-corrected chi connectivity index (χ1v) is 6.30. The van der Waals surface area contributed by atoms with Gasteiger partial charge in [-0.15, -0.1) is 0 Å². The summed E-state index contributed by atoms with van der Waals surface area (Å²) >= 11 is 6.17. The number of hydrogen-bond donors (Lipinski definition) is 2. The largest absolute Gasteiger partial charge is 0.368 e. The molecule has 98 valence electrons. The summed E-state index contributed by atoms with van der Waals surface area (Å²) in [4.78, 5) is 11.9. The van der Waals surface area contributed by atoms with Gasteiger partial charge >= 0.3 is 0 Å². The van der Waals surface area contributed by atoms with Crippen molar-refractivity contribution in [2.24, 2.45) is 5.73 Å². The maximum Gasteiger partial charge on any atom is 0.247 e. The highest BCUT2D eigenvalue weighted by atomic mass is 35.5. The highest BCUT2D eigenvalue weighted by molar-refractivity contribution is 6.31. The Hall–Kier alpha value is -2.00. The number of anilines is 1. The molecule has 2 aromatic carbocycles. The lowest BCUT2D eigenvalue weighted by molar-refractivity contribution is -0.122. The van der Waals surface area contributed by atoms with Crippen molar-refractivity contribution in [1.82, 2.24) is 0 Å². The number of carbonyl (C=O) groups is 1. The van der Waals surface area contributed by atoms with Crippen LogP contribution in [0.25, 0.3) is 0 Å². The molecule has 0 aliphatic carbocycles. The molecule has 0 aliphatic heterocycles. The van der Waals surface area contributed by atoms with Gasteiger partial charge in [0.1, 0.15) is 5.54 Å². The number of nitrogens with one attached hydrogen (secondary N) is 1. The summed E-state index contributed by atoms with van der Waals surface area (Å²) in [6, 6.07) is 16.6. The second kappa shape index (κ2) is 5.33. The Kier molecular flexibility index (Phi) is 3.76. The van der Waals surface area contributed by atoms with Crippen molar-refractivity contribution in [3.05, 3.63) is 65.2 Å². The monoisotopic (exact) mass is 274 g/mol. The van der Waals surface area contributed by atoms with Gasteiger partial charge in [-0.25, -0.2) is 0 Å². The Morgan fingerprint density at radius 2 is 1.68 bits per heavy atom. The number of amides is 1. The van der Waals surface area contributed by atoms with Crippen LogP contribution in [0.5, 0.6) is 0 Å². The van der Waals surface area contributed by atoms with E-state index in [1.807, 2.05) is 42.5 Å². The van der Waals surface area contributed by atoms with Crippen molar-refractivity contribution in [2.45, 2.75) is 12.5 Å². The first-order valence-electron chi connectivity index (χ1n) is 5.92. The number of hydrogen-bond acceptors (Lipinski definition) is 2. The molecule has 2 rings (SSSR count). The molecule has 0 fully saturated rings. The average molecular weight is 275 g/mol. The normalized spacial score (nSPS) is 13.6. The van der Waals surface area contributed by atoms with E-state index in [-0.39, 0.29) is 0 Å². The summed E-state index contributed by atoms with van der Waals surface area (Å²) in [6.45, 7) is 1.73. The third kappa shape index (κ3) is 2.71. The Balaban J connectivity index is 2.45.